The lowest BCUT2D eigenvalue weighted by Crippen LogP contribution is -2.32. The molecule has 0 saturated carbocycles. The SMILES string of the molecule is CC(C)(N)c1noc(CN2CCc3ccc(F)c(F)c3C2)n1. The lowest BCUT2D eigenvalue weighted by atomic mass is 9.99. The van der Waals surface area contributed by atoms with Crippen molar-refractivity contribution in [3.8, 4) is 0 Å². The van der Waals surface area contributed by atoms with E-state index >= 15 is 0 Å². The zero-order valence-corrected chi connectivity index (χ0v) is 12.6. The monoisotopic (exact) mass is 308 g/mol. The van der Waals surface area contributed by atoms with Gasteiger partial charge in [-0.05, 0) is 31.9 Å². The van der Waals surface area contributed by atoms with Crippen LogP contribution in [0.15, 0.2) is 16.7 Å². The first-order chi connectivity index (χ1) is 10.3. The zero-order valence-electron chi connectivity index (χ0n) is 12.6. The number of fused-ring (bicyclic) bond motifs is 1. The van der Waals surface area contributed by atoms with E-state index in [0.717, 1.165) is 12.1 Å². The van der Waals surface area contributed by atoms with Gasteiger partial charge in [-0.2, -0.15) is 4.98 Å². The Morgan fingerprint density at radius 1 is 1.36 bits per heavy atom. The average Bonchev–Trinajstić information content (AvgIpc) is 2.92. The molecule has 1 aliphatic heterocycles. The molecule has 0 fully saturated rings. The number of nitrogens with zero attached hydrogens (tertiary/aromatic N) is 3. The molecule has 5 nitrogen and oxygen atoms in total. The van der Waals surface area contributed by atoms with Crippen LogP contribution in [0.4, 0.5) is 8.78 Å². The van der Waals surface area contributed by atoms with Crippen molar-refractivity contribution >= 4 is 0 Å². The van der Waals surface area contributed by atoms with Crippen molar-refractivity contribution in [1.82, 2.24) is 15.0 Å². The Bertz CT molecular complexity index is 693. The van der Waals surface area contributed by atoms with Crippen molar-refractivity contribution in [2.24, 2.45) is 5.73 Å². The second-order valence-corrected chi connectivity index (χ2v) is 6.19. The normalized spacial score (nSPS) is 15.9. The Morgan fingerprint density at radius 3 is 2.82 bits per heavy atom. The van der Waals surface area contributed by atoms with Crippen molar-refractivity contribution in [3.05, 3.63) is 46.6 Å². The van der Waals surface area contributed by atoms with Crippen molar-refractivity contribution in [3.63, 3.8) is 0 Å². The fourth-order valence-corrected chi connectivity index (χ4v) is 2.53. The first-order valence-electron chi connectivity index (χ1n) is 7.14. The summed E-state index contributed by atoms with van der Waals surface area (Å²) in [4.78, 5) is 6.21. The van der Waals surface area contributed by atoms with E-state index in [1.807, 2.05) is 4.90 Å². The Morgan fingerprint density at radius 2 is 2.14 bits per heavy atom. The Balaban J connectivity index is 1.75. The molecule has 2 aromatic rings. The van der Waals surface area contributed by atoms with Crippen LogP contribution in [0.5, 0.6) is 0 Å². The summed E-state index contributed by atoms with van der Waals surface area (Å²) in [5.74, 6) is -0.729. The van der Waals surface area contributed by atoms with E-state index in [2.05, 4.69) is 10.1 Å². The highest BCUT2D eigenvalue weighted by atomic mass is 19.2. The maximum atomic E-state index is 13.9. The summed E-state index contributed by atoms with van der Waals surface area (Å²) in [5, 5.41) is 3.86. The number of nitrogens with two attached hydrogens (primary N) is 1. The molecule has 7 heteroatoms. The van der Waals surface area contributed by atoms with Crippen LogP contribution in [0.3, 0.4) is 0 Å². The average molecular weight is 308 g/mol. The van der Waals surface area contributed by atoms with Gasteiger partial charge in [0.15, 0.2) is 17.5 Å². The third-order valence-electron chi connectivity index (χ3n) is 3.78. The Hall–Kier alpha value is -1.86. The summed E-state index contributed by atoms with van der Waals surface area (Å²) in [6.07, 6.45) is 0.663. The standard InChI is InChI=1S/C15H18F2N4O/c1-15(2,18)14-19-12(22-20-14)8-21-6-5-9-3-4-11(16)13(17)10(9)7-21/h3-4H,5-8,18H2,1-2H3. The van der Waals surface area contributed by atoms with Crippen LogP contribution in [0.1, 0.15) is 36.7 Å². The van der Waals surface area contributed by atoms with Crippen LogP contribution in [0, 0.1) is 11.6 Å². The van der Waals surface area contributed by atoms with Gasteiger partial charge in [0.1, 0.15) is 0 Å². The number of hydrogen-bond donors (Lipinski definition) is 1. The highest BCUT2D eigenvalue weighted by molar-refractivity contribution is 5.31. The quantitative estimate of drug-likeness (QED) is 0.940. The van der Waals surface area contributed by atoms with Gasteiger partial charge in [-0.25, -0.2) is 8.78 Å². The second kappa shape index (κ2) is 5.40. The first-order valence-corrected chi connectivity index (χ1v) is 7.14. The minimum Gasteiger partial charge on any atom is -0.338 e. The molecule has 0 bridgehead atoms. The van der Waals surface area contributed by atoms with Crippen LogP contribution in [0.2, 0.25) is 0 Å². The van der Waals surface area contributed by atoms with E-state index in [0.29, 0.717) is 36.8 Å². The Kier molecular flexibility index (Phi) is 3.70. The fourth-order valence-electron chi connectivity index (χ4n) is 2.53. The lowest BCUT2D eigenvalue weighted by Gasteiger charge is -2.27. The van der Waals surface area contributed by atoms with Gasteiger partial charge in [0, 0.05) is 18.7 Å². The predicted molar refractivity (Wildman–Crippen MR) is 75.7 cm³/mol. The van der Waals surface area contributed by atoms with Crippen LogP contribution < -0.4 is 5.73 Å². The van der Waals surface area contributed by atoms with E-state index in [9.17, 15) is 8.78 Å². The molecular weight excluding hydrogens is 290 g/mol. The van der Waals surface area contributed by atoms with Crippen molar-refractivity contribution in [2.45, 2.75) is 38.9 Å². The van der Waals surface area contributed by atoms with E-state index in [4.69, 9.17) is 10.3 Å². The molecule has 118 valence electrons. The van der Waals surface area contributed by atoms with Crippen LogP contribution in [-0.2, 0) is 25.0 Å². The molecule has 0 spiro atoms. The first kappa shape index (κ1) is 15.1. The number of halogens is 2. The maximum Gasteiger partial charge on any atom is 0.240 e. The third kappa shape index (κ3) is 2.86. The van der Waals surface area contributed by atoms with E-state index in [1.165, 1.54) is 6.07 Å². The second-order valence-electron chi connectivity index (χ2n) is 6.19. The predicted octanol–water partition coefficient (Wildman–Crippen LogP) is 2.10. The minimum atomic E-state index is -0.814. The molecule has 2 heterocycles. The Labute approximate surface area is 127 Å². The largest absolute Gasteiger partial charge is 0.338 e. The molecule has 3 rings (SSSR count). The van der Waals surface area contributed by atoms with Gasteiger partial charge in [0.25, 0.3) is 0 Å². The molecule has 0 saturated heterocycles. The van der Waals surface area contributed by atoms with E-state index in [-0.39, 0.29) is 0 Å². The number of aromatic nitrogens is 2. The molecule has 2 N–H and O–H groups in total. The van der Waals surface area contributed by atoms with E-state index in [1.54, 1.807) is 19.9 Å². The smallest absolute Gasteiger partial charge is 0.240 e. The minimum absolute atomic E-state index is 0.322. The van der Waals surface area contributed by atoms with Crippen LogP contribution in [0.25, 0.3) is 0 Å². The van der Waals surface area contributed by atoms with Gasteiger partial charge in [-0.3, -0.25) is 4.90 Å². The van der Waals surface area contributed by atoms with Gasteiger partial charge in [-0.1, -0.05) is 11.2 Å². The summed E-state index contributed by atoms with van der Waals surface area (Å²) in [6, 6.07) is 2.82. The lowest BCUT2D eigenvalue weighted by molar-refractivity contribution is 0.206. The van der Waals surface area contributed by atoms with Gasteiger partial charge < -0.3 is 10.3 Å². The highest BCUT2D eigenvalue weighted by Gasteiger charge is 2.25. The highest BCUT2D eigenvalue weighted by Crippen LogP contribution is 2.24. The van der Waals surface area contributed by atoms with Crippen LogP contribution in [-0.4, -0.2) is 21.6 Å². The summed E-state index contributed by atoms with van der Waals surface area (Å²) in [6.45, 7) is 5.01. The molecular formula is C15H18F2N4O. The van der Waals surface area contributed by atoms with Crippen molar-refractivity contribution in [2.75, 3.05) is 6.54 Å². The van der Waals surface area contributed by atoms with Gasteiger partial charge in [0.2, 0.25) is 5.89 Å². The molecule has 1 aromatic heterocycles. The zero-order chi connectivity index (χ0) is 15.9. The van der Waals surface area contributed by atoms with Crippen molar-refractivity contribution in [1.29, 1.82) is 0 Å². The molecule has 1 aromatic carbocycles. The fraction of sp³-hybridized carbons (Fsp3) is 0.467. The molecule has 1 aliphatic rings. The summed E-state index contributed by atoms with van der Waals surface area (Å²) >= 11 is 0. The molecule has 22 heavy (non-hydrogen) atoms. The summed E-state index contributed by atoms with van der Waals surface area (Å²) in [5.41, 5.74) is 6.50. The molecule has 0 unspecified atom stereocenters. The third-order valence-corrected chi connectivity index (χ3v) is 3.78. The molecule has 0 aliphatic carbocycles. The van der Waals surface area contributed by atoms with Gasteiger partial charge in [0.05, 0.1) is 12.1 Å². The number of benzene rings is 1. The van der Waals surface area contributed by atoms with Gasteiger partial charge in [-0.15, -0.1) is 0 Å². The topological polar surface area (TPSA) is 68.2 Å². The van der Waals surface area contributed by atoms with E-state index < -0.39 is 17.2 Å². The number of rotatable bonds is 3. The molecule has 0 amide bonds. The summed E-state index contributed by atoms with van der Waals surface area (Å²) in [7, 11) is 0. The van der Waals surface area contributed by atoms with Crippen molar-refractivity contribution < 1.29 is 13.3 Å². The molecule has 0 radical (unpaired) electrons. The van der Waals surface area contributed by atoms with Crippen LogP contribution >= 0.6 is 0 Å². The molecule has 0 atom stereocenters. The summed E-state index contributed by atoms with van der Waals surface area (Å²) < 4.78 is 32.4. The maximum absolute atomic E-state index is 13.9. The number of hydrogen-bond acceptors (Lipinski definition) is 5. The van der Waals surface area contributed by atoms with Gasteiger partial charge >= 0.3 is 0 Å².